The monoisotopic (exact) mass is 216 g/mol. The molecule has 0 saturated carbocycles. The van der Waals surface area contributed by atoms with Crippen LogP contribution in [0.15, 0.2) is 49.6 Å². The number of nitrogen functional groups attached to an aromatic ring is 1. The predicted octanol–water partition coefficient (Wildman–Crippen LogP) is 1.50. The number of rotatable bonds is 3. The molecule has 0 unspecified atom stereocenters. The number of imide groups is 1. The van der Waals surface area contributed by atoms with Crippen LogP contribution >= 0.6 is 0 Å². The molecule has 0 heterocycles. The van der Waals surface area contributed by atoms with Crippen molar-refractivity contribution in [1.29, 1.82) is 0 Å². The van der Waals surface area contributed by atoms with Crippen molar-refractivity contribution in [2.75, 3.05) is 10.6 Å². The number of nitrogens with zero attached hydrogens (tertiary/aromatic N) is 1. The number of carbonyl (C=O) groups is 2. The number of carbonyl (C=O) groups excluding carboxylic acids is 2. The number of nitrogens with two attached hydrogens (primary N) is 1. The van der Waals surface area contributed by atoms with Gasteiger partial charge < -0.3 is 5.73 Å². The molecule has 4 nitrogen and oxygen atoms in total. The van der Waals surface area contributed by atoms with E-state index in [0.29, 0.717) is 11.4 Å². The molecule has 0 atom stereocenters. The molecule has 16 heavy (non-hydrogen) atoms. The van der Waals surface area contributed by atoms with E-state index in [0.717, 1.165) is 17.1 Å². The van der Waals surface area contributed by atoms with E-state index in [2.05, 4.69) is 13.2 Å². The van der Waals surface area contributed by atoms with E-state index in [1.807, 2.05) is 0 Å². The summed E-state index contributed by atoms with van der Waals surface area (Å²) >= 11 is 0. The summed E-state index contributed by atoms with van der Waals surface area (Å²) in [5.74, 6) is -1.04. The standard InChI is InChI=1S/C12H12N2O2/c1-3-11(15)14(12(16)4-2)10-7-5-6-9(13)8-10/h3-8H,1-2,13H2. The average molecular weight is 216 g/mol. The van der Waals surface area contributed by atoms with Gasteiger partial charge in [0.1, 0.15) is 0 Å². The number of anilines is 2. The van der Waals surface area contributed by atoms with Crippen molar-refractivity contribution < 1.29 is 9.59 Å². The number of amides is 2. The molecular formula is C12H12N2O2. The van der Waals surface area contributed by atoms with Crippen LogP contribution in [0.3, 0.4) is 0 Å². The Labute approximate surface area is 93.7 Å². The van der Waals surface area contributed by atoms with Gasteiger partial charge in [0.25, 0.3) is 11.8 Å². The van der Waals surface area contributed by atoms with E-state index < -0.39 is 11.8 Å². The van der Waals surface area contributed by atoms with E-state index in [9.17, 15) is 9.59 Å². The van der Waals surface area contributed by atoms with Gasteiger partial charge in [-0.2, -0.15) is 0 Å². The molecule has 0 fully saturated rings. The SMILES string of the molecule is C=CC(=O)N(C(=O)C=C)c1cccc(N)c1. The molecule has 0 aliphatic heterocycles. The summed E-state index contributed by atoms with van der Waals surface area (Å²) in [5.41, 5.74) is 6.45. The molecule has 0 spiro atoms. The van der Waals surface area contributed by atoms with Gasteiger partial charge in [0.2, 0.25) is 0 Å². The van der Waals surface area contributed by atoms with Crippen LogP contribution in [0.4, 0.5) is 11.4 Å². The lowest BCUT2D eigenvalue weighted by molar-refractivity contribution is -0.121. The lowest BCUT2D eigenvalue weighted by Gasteiger charge is -2.17. The van der Waals surface area contributed by atoms with Gasteiger partial charge in [-0.05, 0) is 30.4 Å². The minimum absolute atomic E-state index is 0.398. The number of hydrogen-bond donors (Lipinski definition) is 1. The van der Waals surface area contributed by atoms with Crippen molar-refractivity contribution in [1.82, 2.24) is 0 Å². The summed E-state index contributed by atoms with van der Waals surface area (Å²) in [5, 5.41) is 0. The Balaban J connectivity index is 3.20. The fraction of sp³-hybridized carbons (Fsp3) is 0. The second-order valence-electron chi connectivity index (χ2n) is 3.02. The van der Waals surface area contributed by atoms with Crippen LogP contribution in [0, 0.1) is 0 Å². The maximum absolute atomic E-state index is 11.5. The number of hydrogen-bond acceptors (Lipinski definition) is 3. The molecule has 0 aliphatic carbocycles. The van der Waals surface area contributed by atoms with E-state index >= 15 is 0 Å². The minimum Gasteiger partial charge on any atom is -0.399 e. The molecule has 2 amide bonds. The van der Waals surface area contributed by atoms with Gasteiger partial charge in [0.05, 0.1) is 5.69 Å². The summed E-state index contributed by atoms with van der Waals surface area (Å²) in [6, 6.07) is 6.46. The Hall–Kier alpha value is -2.36. The highest BCUT2D eigenvalue weighted by Gasteiger charge is 2.18. The molecule has 0 aliphatic rings. The Bertz CT molecular complexity index is 432. The van der Waals surface area contributed by atoms with E-state index in [4.69, 9.17) is 5.73 Å². The quantitative estimate of drug-likeness (QED) is 0.615. The Morgan fingerprint density at radius 1 is 1.19 bits per heavy atom. The first-order valence-corrected chi connectivity index (χ1v) is 4.58. The van der Waals surface area contributed by atoms with E-state index in [1.54, 1.807) is 18.2 Å². The largest absolute Gasteiger partial charge is 0.399 e. The highest BCUT2D eigenvalue weighted by Crippen LogP contribution is 2.18. The highest BCUT2D eigenvalue weighted by atomic mass is 16.2. The Morgan fingerprint density at radius 2 is 1.75 bits per heavy atom. The van der Waals surface area contributed by atoms with Crippen LogP contribution in [0.1, 0.15) is 0 Å². The lowest BCUT2D eigenvalue weighted by Crippen LogP contribution is -2.34. The Morgan fingerprint density at radius 3 is 2.19 bits per heavy atom. The van der Waals surface area contributed by atoms with Crippen molar-refractivity contribution in [2.45, 2.75) is 0 Å². The zero-order valence-corrected chi connectivity index (χ0v) is 8.72. The van der Waals surface area contributed by atoms with E-state index in [-0.39, 0.29) is 0 Å². The summed E-state index contributed by atoms with van der Waals surface area (Å²) in [4.78, 5) is 24.0. The third-order valence-electron chi connectivity index (χ3n) is 1.92. The maximum Gasteiger partial charge on any atom is 0.257 e. The molecule has 2 N–H and O–H groups in total. The van der Waals surface area contributed by atoms with Gasteiger partial charge in [0, 0.05) is 5.69 Å². The van der Waals surface area contributed by atoms with Crippen LogP contribution in [0.25, 0.3) is 0 Å². The lowest BCUT2D eigenvalue weighted by atomic mass is 10.2. The zero-order chi connectivity index (χ0) is 12.1. The molecule has 1 aromatic rings. The average Bonchev–Trinajstić information content (AvgIpc) is 2.29. The molecule has 0 aromatic heterocycles. The van der Waals surface area contributed by atoms with Crippen LogP contribution < -0.4 is 10.6 Å². The third-order valence-corrected chi connectivity index (χ3v) is 1.92. The van der Waals surface area contributed by atoms with Crippen molar-refractivity contribution >= 4 is 23.2 Å². The molecule has 1 aromatic carbocycles. The Kier molecular flexibility index (Phi) is 3.61. The van der Waals surface area contributed by atoms with Crippen LogP contribution in [-0.2, 0) is 9.59 Å². The molecular weight excluding hydrogens is 204 g/mol. The number of benzene rings is 1. The first-order chi connectivity index (χ1) is 7.60. The molecule has 4 heteroatoms. The molecule has 0 radical (unpaired) electrons. The fourth-order valence-electron chi connectivity index (χ4n) is 1.21. The highest BCUT2D eigenvalue weighted by molar-refractivity contribution is 6.21. The van der Waals surface area contributed by atoms with Crippen molar-refractivity contribution in [2.24, 2.45) is 0 Å². The van der Waals surface area contributed by atoms with Crippen molar-refractivity contribution in [3.8, 4) is 0 Å². The second-order valence-corrected chi connectivity index (χ2v) is 3.02. The summed E-state index contributed by atoms with van der Waals surface area (Å²) < 4.78 is 0. The minimum atomic E-state index is -0.518. The normalized spacial score (nSPS) is 9.25. The first-order valence-electron chi connectivity index (χ1n) is 4.58. The molecule has 0 bridgehead atoms. The van der Waals surface area contributed by atoms with Gasteiger partial charge in [0.15, 0.2) is 0 Å². The third kappa shape index (κ3) is 2.36. The van der Waals surface area contributed by atoms with Gasteiger partial charge in [-0.3, -0.25) is 9.59 Å². The fourth-order valence-corrected chi connectivity index (χ4v) is 1.21. The van der Waals surface area contributed by atoms with Gasteiger partial charge in [-0.15, -0.1) is 0 Å². The van der Waals surface area contributed by atoms with Gasteiger partial charge in [-0.1, -0.05) is 19.2 Å². The maximum atomic E-state index is 11.5. The second kappa shape index (κ2) is 4.93. The van der Waals surface area contributed by atoms with Crippen molar-refractivity contribution in [3.63, 3.8) is 0 Å². The van der Waals surface area contributed by atoms with Crippen LogP contribution in [0.5, 0.6) is 0 Å². The van der Waals surface area contributed by atoms with Gasteiger partial charge in [-0.25, -0.2) is 4.90 Å². The zero-order valence-electron chi connectivity index (χ0n) is 8.72. The topological polar surface area (TPSA) is 63.4 Å². The van der Waals surface area contributed by atoms with E-state index in [1.165, 1.54) is 6.07 Å². The predicted molar refractivity (Wildman–Crippen MR) is 63.7 cm³/mol. The smallest absolute Gasteiger partial charge is 0.257 e. The summed E-state index contributed by atoms with van der Waals surface area (Å²) in [7, 11) is 0. The molecule has 1 rings (SSSR count). The molecule has 0 saturated heterocycles. The summed E-state index contributed by atoms with van der Waals surface area (Å²) in [6.45, 7) is 6.67. The molecule has 82 valence electrons. The van der Waals surface area contributed by atoms with Gasteiger partial charge >= 0.3 is 0 Å². The van der Waals surface area contributed by atoms with Crippen LogP contribution in [0.2, 0.25) is 0 Å². The van der Waals surface area contributed by atoms with Crippen molar-refractivity contribution in [3.05, 3.63) is 49.6 Å². The van der Waals surface area contributed by atoms with Crippen LogP contribution in [-0.4, -0.2) is 11.8 Å². The first kappa shape index (κ1) is 11.7. The summed E-state index contributed by atoms with van der Waals surface area (Å²) in [6.07, 6.45) is 2.12.